The lowest BCUT2D eigenvalue weighted by Crippen LogP contribution is -2.36. The SMILES string of the molecule is CN(CC(=O)N/N=C\c1ccccc1Cl)S(=O)(=O)c1ccc(F)cc1. The van der Waals surface area contributed by atoms with E-state index in [0.29, 0.717) is 10.6 Å². The molecular weight excluding hydrogens is 369 g/mol. The zero-order valence-corrected chi connectivity index (χ0v) is 14.8. The molecule has 0 aliphatic heterocycles. The first-order chi connectivity index (χ1) is 11.8. The number of hydrazone groups is 1. The summed E-state index contributed by atoms with van der Waals surface area (Å²) in [6.07, 6.45) is 1.36. The van der Waals surface area contributed by atoms with Gasteiger partial charge in [-0.1, -0.05) is 29.8 Å². The number of hydrogen-bond acceptors (Lipinski definition) is 4. The topological polar surface area (TPSA) is 78.8 Å². The van der Waals surface area contributed by atoms with Crippen LogP contribution in [-0.2, 0) is 14.8 Å². The van der Waals surface area contributed by atoms with Gasteiger partial charge in [0, 0.05) is 17.6 Å². The van der Waals surface area contributed by atoms with Crippen molar-refractivity contribution in [1.29, 1.82) is 0 Å². The third-order valence-electron chi connectivity index (χ3n) is 3.19. The minimum atomic E-state index is -3.90. The van der Waals surface area contributed by atoms with Crippen molar-refractivity contribution in [1.82, 2.24) is 9.73 Å². The first-order valence-corrected chi connectivity index (χ1v) is 8.91. The molecular formula is C16H15ClFN3O3S. The first kappa shape index (κ1) is 19.0. The number of halogens is 2. The van der Waals surface area contributed by atoms with Crippen molar-refractivity contribution in [3.05, 3.63) is 64.9 Å². The van der Waals surface area contributed by atoms with Gasteiger partial charge in [-0.15, -0.1) is 0 Å². The average molecular weight is 384 g/mol. The molecule has 0 unspecified atom stereocenters. The number of amides is 1. The van der Waals surface area contributed by atoms with E-state index >= 15 is 0 Å². The zero-order valence-electron chi connectivity index (χ0n) is 13.2. The monoisotopic (exact) mass is 383 g/mol. The molecule has 6 nitrogen and oxygen atoms in total. The van der Waals surface area contributed by atoms with Crippen molar-refractivity contribution in [2.24, 2.45) is 5.10 Å². The Hall–Kier alpha value is -2.29. The Bertz CT molecular complexity index is 886. The van der Waals surface area contributed by atoms with Gasteiger partial charge >= 0.3 is 0 Å². The molecule has 0 saturated heterocycles. The summed E-state index contributed by atoms with van der Waals surface area (Å²) in [5.74, 6) is -1.18. The van der Waals surface area contributed by atoms with Crippen LogP contribution >= 0.6 is 11.6 Å². The van der Waals surface area contributed by atoms with Crippen LogP contribution in [-0.4, -0.2) is 38.4 Å². The number of rotatable bonds is 6. The highest BCUT2D eigenvalue weighted by molar-refractivity contribution is 7.89. The van der Waals surface area contributed by atoms with Gasteiger partial charge in [-0.3, -0.25) is 4.79 Å². The highest BCUT2D eigenvalue weighted by Gasteiger charge is 2.22. The Labute approximate surface area is 150 Å². The summed E-state index contributed by atoms with van der Waals surface area (Å²) in [5.41, 5.74) is 2.84. The van der Waals surface area contributed by atoms with E-state index in [1.165, 1.54) is 13.3 Å². The second kappa shape index (κ2) is 8.19. The van der Waals surface area contributed by atoms with Gasteiger partial charge in [0.05, 0.1) is 17.7 Å². The predicted molar refractivity (Wildman–Crippen MR) is 93.4 cm³/mol. The molecule has 0 fully saturated rings. The molecule has 0 aromatic heterocycles. The third kappa shape index (κ3) is 5.09. The van der Waals surface area contributed by atoms with Crippen LogP contribution in [0.4, 0.5) is 4.39 Å². The van der Waals surface area contributed by atoms with Crippen LogP contribution < -0.4 is 5.43 Å². The number of nitrogens with one attached hydrogen (secondary N) is 1. The summed E-state index contributed by atoms with van der Waals surface area (Å²) < 4.78 is 38.3. The Balaban J connectivity index is 1.97. The van der Waals surface area contributed by atoms with Crippen molar-refractivity contribution in [2.45, 2.75) is 4.90 Å². The van der Waals surface area contributed by atoms with Gasteiger partial charge in [0.15, 0.2) is 0 Å². The van der Waals surface area contributed by atoms with E-state index in [2.05, 4.69) is 10.5 Å². The number of likely N-dealkylation sites (N-methyl/N-ethyl adjacent to an activating group) is 1. The van der Waals surface area contributed by atoms with Gasteiger partial charge < -0.3 is 0 Å². The predicted octanol–water partition coefficient (Wildman–Crippen LogP) is 2.25. The average Bonchev–Trinajstić information content (AvgIpc) is 2.57. The Morgan fingerprint density at radius 2 is 1.88 bits per heavy atom. The second-order valence-corrected chi connectivity index (χ2v) is 7.48. The van der Waals surface area contributed by atoms with Crippen LogP contribution in [0.5, 0.6) is 0 Å². The van der Waals surface area contributed by atoms with E-state index in [0.717, 1.165) is 28.6 Å². The molecule has 2 rings (SSSR count). The molecule has 2 aromatic carbocycles. The standard InChI is InChI=1S/C16H15ClFN3O3S/c1-21(25(23,24)14-8-6-13(18)7-9-14)11-16(22)20-19-10-12-4-2-3-5-15(12)17/h2-10H,11H2,1H3,(H,20,22)/b19-10-. The zero-order chi connectivity index (χ0) is 18.4. The van der Waals surface area contributed by atoms with Crippen LogP contribution in [0.15, 0.2) is 58.5 Å². The maximum atomic E-state index is 12.9. The third-order valence-corrected chi connectivity index (χ3v) is 5.35. The molecule has 0 bridgehead atoms. The molecule has 1 N–H and O–H groups in total. The maximum absolute atomic E-state index is 12.9. The fourth-order valence-corrected chi connectivity index (χ4v) is 3.17. The molecule has 132 valence electrons. The molecule has 0 atom stereocenters. The summed E-state index contributed by atoms with van der Waals surface area (Å²) in [6.45, 7) is -0.445. The highest BCUT2D eigenvalue weighted by atomic mass is 35.5. The fraction of sp³-hybridized carbons (Fsp3) is 0.125. The molecule has 1 amide bonds. The van der Waals surface area contributed by atoms with Crippen molar-refractivity contribution >= 4 is 33.7 Å². The van der Waals surface area contributed by atoms with Crippen LogP contribution in [0.3, 0.4) is 0 Å². The molecule has 25 heavy (non-hydrogen) atoms. The number of hydrogen-bond donors (Lipinski definition) is 1. The van der Waals surface area contributed by atoms with Crippen LogP contribution in [0.2, 0.25) is 5.02 Å². The van der Waals surface area contributed by atoms with Gasteiger partial charge in [-0.25, -0.2) is 18.2 Å². The summed E-state index contributed by atoms with van der Waals surface area (Å²) in [6, 6.07) is 11.2. The molecule has 0 aliphatic carbocycles. The van der Waals surface area contributed by atoms with Gasteiger partial charge in [-0.2, -0.15) is 9.41 Å². The van der Waals surface area contributed by atoms with Gasteiger partial charge in [0.25, 0.3) is 5.91 Å². The van der Waals surface area contributed by atoms with E-state index in [-0.39, 0.29) is 4.90 Å². The minimum absolute atomic E-state index is 0.108. The second-order valence-electron chi connectivity index (χ2n) is 5.03. The van der Waals surface area contributed by atoms with Crippen LogP contribution in [0, 0.1) is 5.82 Å². The summed E-state index contributed by atoms with van der Waals surface area (Å²) in [7, 11) is -2.66. The summed E-state index contributed by atoms with van der Waals surface area (Å²) >= 11 is 5.94. The lowest BCUT2D eigenvalue weighted by molar-refractivity contribution is -0.121. The molecule has 0 heterocycles. The fourth-order valence-electron chi connectivity index (χ4n) is 1.86. The van der Waals surface area contributed by atoms with Crippen molar-refractivity contribution in [2.75, 3.05) is 13.6 Å². The largest absolute Gasteiger partial charge is 0.272 e. The Morgan fingerprint density at radius 1 is 1.24 bits per heavy atom. The number of nitrogens with zero attached hydrogens (tertiary/aromatic N) is 2. The van der Waals surface area contributed by atoms with Gasteiger partial charge in [0.2, 0.25) is 10.0 Å². The van der Waals surface area contributed by atoms with Gasteiger partial charge in [0.1, 0.15) is 5.82 Å². The quantitative estimate of drug-likeness (QED) is 0.613. The Morgan fingerprint density at radius 3 is 2.52 bits per heavy atom. The van der Waals surface area contributed by atoms with E-state index in [1.807, 2.05) is 0 Å². The van der Waals surface area contributed by atoms with Crippen molar-refractivity contribution in [3.8, 4) is 0 Å². The van der Waals surface area contributed by atoms with E-state index in [9.17, 15) is 17.6 Å². The van der Waals surface area contributed by atoms with E-state index in [1.54, 1.807) is 24.3 Å². The highest BCUT2D eigenvalue weighted by Crippen LogP contribution is 2.14. The van der Waals surface area contributed by atoms with Crippen molar-refractivity contribution < 1.29 is 17.6 Å². The number of carbonyl (C=O) groups is 1. The lowest BCUT2D eigenvalue weighted by Gasteiger charge is -2.16. The van der Waals surface area contributed by atoms with Gasteiger partial charge in [-0.05, 0) is 30.3 Å². The smallest absolute Gasteiger partial charge is 0.255 e. The number of carbonyl (C=O) groups excluding carboxylic acids is 1. The lowest BCUT2D eigenvalue weighted by atomic mass is 10.2. The molecule has 0 radical (unpaired) electrons. The van der Waals surface area contributed by atoms with Crippen molar-refractivity contribution in [3.63, 3.8) is 0 Å². The Kier molecular flexibility index (Phi) is 6.24. The molecule has 0 aliphatic rings. The number of sulfonamides is 1. The summed E-state index contributed by atoms with van der Waals surface area (Å²) in [5, 5.41) is 4.21. The summed E-state index contributed by atoms with van der Waals surface area (Å²) in [4.78, 5) is 11.7. The molecule has 9 heteroatoms. The van der Waals surface area contributed by atoms with E-state index < -0.39 is 28.3 Å². The van der Waals surface area contributed by atoms with E-state index in [4.69, 9.17) is 11.6 Å². The molecule has 0 saturated carbocycles. The normalized spacial score (nSPS) is 11.8. The maximum Gasteiger partial charge on any atom is 0.255 e. The molecule has 0 spiro atoms. The first-order valence-electron chi connectivity index (χ1n) is 7.09. The molecule has 2 aromatic rings. The van der Waals surface area contributed by atoms with Crippen LogP contribution in [0.25, 0.3) is 0 Å². The minimum Gasteiger partial charge on any atom is -0.272 e. The number of benzene rings is 2. The van der Waals surface area contributed by atoms with Crippen LogP contribution in [0.1, 0.15) is 5.56 Å².